The molecule has 1 fully saturated rings. The van der Waals surface area contributed by atoms with Gasteiger partial charge in [-0.2, -0.15) is 0 Å². The Morgan fingerprint density at radius 1 is 1.00 bits per heavy atom. The van der Waals surface area contributed by atoms with Crippen molar-refractivity contribution in [2.45, 2.75) is 83.6 Å². The largest absolute Gasteiger partial charge is 0.312 e. The van der Waals surface area contributed by atoms with E-state index < -0.39 is 0 Å². The summed E-state index contributed by atoms with van der Waals surface area (Å²) in [4.78, 5) is 0. The number of hydrogen-bond acceptors (Lipinski definition) is 1. The summed E-state index contributed by atoms with van der Waals surface area (Å²) in [5.41, 5.74) is 0.490. The van der Waals surface area contributed by atoms with Crippen LogP contribution in [-0.2, 0) is 0 Å². The van der Waals surface area contributed by atoms with Crippen molar-refractivity contribution in [2.24, 2.45) is 0 Å². The second-order valence-corrected chi connectivity index (χ2v) is 5.46. The third kappa shape index (κ3) is 5.55. The van der Waals surface area contributed by atoms with Gasteiger partial charge in [-0.25, -0.2) is 0 Å². The van der Waals surface area contributed by atoms with Crippen LogP contribution in [0.2, 0.25) is 0 Å². The summed E-state index contributed by atoms with van der Waals surface area (Å²) in [6.07, 6.45) is 14.2. The van der Waals surface area contributed by atoms with Crippen LogP contribution in [-0.4, -0.2) is 12.1 Å². The zero-order valence-electron chi connectivity index (χ0n) is 10.8. The molecule has 1 aliphatic heterocycles. The molecule has 1 saturated heterocycles. The van der Waals surface area contributed by atoms with E-state index in [0.29, 0.717) is 5.54 Å². The maximum absolute atomic E-state index is 3.64. The molecule has 1 atom stereocenters. The molecule has 0 saturated carbocycles. The molecule has 0 aromatic heterocycles. The quantitative estimate of drug-likeness (QED) is 0.591. The zero-order chi connectivity index (χ0) is 11.0. The van der Waals surface area contributed by atoms with E-state index in [4.69, 9.17) is 0 Å². The summed E-state index contributed by atoms with van der Waals surface area (Å²) in [6.45, 7) is 5.93. The minimum Gasteiger partial charge on any atom is -0.312 e. The SMILES string of the molecule is CCCCCCCCCC1(C)CCCN1. The Bertz CT molecular complexity index is 147. The minimum absolute atomic E-state index is 0.490. The number of hydrogen-bond donors (Lipinski definition) is 1. The van der Waals surface area contributed by atoms with E-state index in [2.05, 4.69) is 19.2 Å². The Morgan fingerprint density at radius 3 is 2.27 bits per heavy atom. The lowest BCUT2D eigenvalue weighted by atomic mass is 9.92. The lowest BCUT2D eigenvalue weighted by molar-refractivity contribution is 0.365. The second-order valence-electron chi connectivity index (χ2n) is 5.46. The molecule has 1 heterocycles. The molecule has 90 valence electrons. The van der Waals surface area contributed by atoms with Crippen LogP contribution in [0, 0.1) is 0 Å². The maximum Gasteiger partial charge on any atom is 0.0153 e. The molecule has 0 aliphatic carbocycles. The summed E-state index contributed by atoms with van der Waals surface area (Å²) in [6, 6.07) is 0. The molecule has 0 aromatic carbocycles. The van der Waals surface area contributed by atoms with Crippen LogP contribution in [0.4, 0.5) is 0 Å². The minimum atomic E-state index is 0.490. The van der Waals surface area contributed by atoms with E-state index in [1.54, 1.807) is 0 Å². The molecule has 1 N–H and O–H groups in total. The fourth-order valence-electron chi connectivity index (χ4n) is 2.64. The molecule has 0 amide bonds. The fraction of sp³-hybridized carbons (Fsp3) is 1.00. The molecule has 1 rings (SSSR count). The van der Waals surface area contributed by atoms with E-state index in [1.165, 1.54) is 70.8 Å². The van der Waals surface area contributed by atoms with Crippen LogP contribution >= 0.6 is 0 Å². The Kier molecular flexibility index (Phi) is 6.31. The smallest absolute Gasteiger partial charge is 0.0153 e. The van der Waals surface area contributed by atoms with Crippen molar-refractivity contribution >= 4 is 0 Å². The highest BCUT2D eigenvalue weighted by Crippen LogP contribution is 2.25. The molecular weight excluding hydrogens is 182 g/mol. The zero-order valence-corrected chi connectivity index (χ0v) is 10.8. The Labute approximate surface area is 96.0 Å². The van der Waals surface area contributed by atoms with E-state index in [0.717, 1.165) is 0 Å². The average Bonchev–Trinajstić information content (AvgIpc) is 2.64. The summed E-state index contributed by atoms with van der Waals surface area (Å²) in [7, 11) is 0. The molecule has 1 heteroatoms. The lowest BCUT2D eigenvalue weighted by Gasteiger charge is -2.24. The molecule has 1 unspecified atom stereocenters. The van der Waals surface area contributed by atoms with Gasteiger partial charge in [-0.3, -0.25) is 0 Å². The first kappa shape index (κ1) is 13.0. The van der Waals surface area contributed by atoms with Gasteiger partial charge in [-0.15, -0.1) is 0 Å². The van der Waals surface area contributed by atoms with E-state index >= 15 is 0 Å². The topological polar surface area (TPSA) is 12.0 Å². The standard InChI is InChI=1S/C14H29N/c1-3-4-5-6-7-8-9-11-14(2)12-10-13-15-14/h15H,3-13H2,1-2H3. The highest BCUT2D eigenvalue weighted by Gasteiger charge is 2.26. The summed E-state index contributed by atoms with van der Waals surface area (Å²) in [5, 5.41) is 3.64. The van der Waals surface area contributed by atoms with Gasteiger partial charge < -0.3 is 5.32 Å². The van der Waals surface area contributed by atoms with Gasteiger partial charge in [0.25, 0.3) is 0 Å². The van der Waals surface area contributed by atoms with Gasteiger partial charge >= 0.3 is 0 Å². The van der Waals surface area contributed by atoms with Gasteiger partial charge in [0.15, 0.2) is 0 Å². The molecule has 0 radical (unpaired) electrons. The number of unbranched alkanes of at least 4 members (excludes halogenated alkanes) is 6. The molecule has 1 aliphatic rings. The van der Waals surface area contributed by atoms with Crippen molar-refractivity contribution in [3.8, 4) is 0 Å². The number of nitrogens with one attached hydrogen (secondary N) is 1. The van der Waals surface area contributed by atoms with Crippen molar-refractivity contribution < 1.29 is 0 Å². The Balaban J connectivity index is 1.88. The van der Waals surface area contributed by atoms with Crippen molar-refractivity contribution in [1.29, 1.82) is 0 Å². The average molecular weight is 211 g/mol. The third-order valence-electron chi connectivity index (χ3n) is 3.79. The first-order valence-corrected chi connectivity index (χ1v) is 7.02. The van der Waals surface area contributed by atoms with E-state index in [9.17, 15) is 0 Å². The first-order chi connectivity index (χ1) is 7.27. The van der Waals surface area contributed by atoms with Crippen LogP contribution in [0.3, 0.4) is 0 Å². The summed E-state index contributed by atoms with van der Waals surface area (Å²) in [5.74, 6) is 0. The number of rotatable bonds is 8. The monoisotopic (exact) mass is 211 g/mol. The maximum atomic E-state index is 3.64. The highest BCUT2D eigenvalue weighted by molar-refractivity contribution is 4.87. The normalized spacial score (nSPS) is 26.0. The second kappa shape index (κ2) is 7.27. The van der Waals surface area contributed by atoms with Gasteiger partial charge in [0.2, 0.25) is 0 Å². The predicted molar refractivity (Wildman–Crippen MR) is 68.3 cm³/mol. The van der Waals surface area contributed by atoms with Crippen molar-refractivity contribution in [3.63, 3.8) is 0 Å². The van der Waals surface area contributed by atoms with Gasteiger partial charge in [-0.05, 0) is 32.7 Å². The molecule has 0 bridgehead atoms. The van der Waals surface area contributed by atoms with Crippen molar-refractivity contribution in [2.75, 3.05) is 6.54 Å². The van der Waals surface area contributed by atoms with Gasteiger partial charge in [0.1, 0.15) is 0 Å². The molecule has 0 aromatic rings. The predicted octanol–water partition coefficient (Wildman–Crippen LogP) is 4.27. The van der Waals surface area contributed by atoms with Crippen LogP contribution in [0.15, 0.2) is 0 Å². The Morgan fingerprint density at radius 2 is 1.67 bits per heavy atom. The van der Waals surface area contributed by atoms with E-state index in [-0.39, 0.29) is 0 Å². The fourth-order valence-corrected chi connectivity index (χ4v) is 2.64. The van der Waals surface area contributed by atoms with Crippen LogP contribution in [0.5, 0.6) is 0 Å². The van der Waals surface area contributed by atoms with Gasteiger partial charge in [0.05, 0.1) is 0 Å². The van der Waals surface area contributed by atoms with Crippen molar-refractivity contribution in [3.05, 3.63) is 0 Å². The Hall–Kier alpha value is -0.0400. The van der Waals surface area contributed by atoms with Gasteiger partial charge in [-0.1, -0.05) is 51.9 Å². The molecular formula is C14H29N. The third-order valence-corrected chi connectivity index (χ3v) is 3.79. The van der Waals surface area contributed by atoms with Crippen molar-refractivity contribution in [1.82, 2.24) is 5.32 Å². The lowest BCUT2D eigenvalue weighted by Crippen LogP contribution is -2.35. The summed E-state index contributed by atoms with van der Waals surface area (Å²) >= 11 is 0. The highest BCUT2D eigenvalue weighted by atomic mass is 15.0. The molecule has 15 heavy (non-hydrogen) atoms. The molecule has 1 nitrogen and oxygen atoms in total. The van der Waals surface area contributed by atoms with Crippen LogP contribution < -0.4 is 5.32 Å². The first-order valence-electron chi connectivity index (χ1n) is 7.02. The summed E-state index contributed by atoms with van der Waals surface area (Å²) < 4.78 is 0. The molecule has 0 spiro atoms. The van der Waals surface area contributed by atoms with E-state index in [1.807, 2.05) is 0 Å². The van der Waals surface area contributed by atoms with Gasteiger partial charge in [0, 0.05) is 5.54 Å². The van der Waals surface area contributed by atoms with Crippen LogP contribution in [0.25, 0.3) is 0 Å². The van der Waals surface area contributed by atoms with Crippen LogP contribution in [0.1, 0.15) is 78.1 Å².